The van der Waals surface area contributed by atoms with Crippen LogP contribution in [-0.4, -0.2) is 59.4 Å². The maximum atomic E-state index is 12.8. The van der Waals surface area contributed by atoms with Gasteiger partial charge in [0.2, 0.25) is 0 Å². The first-order valence-corrected chi connectivity index (χ1v) is 10.9. The molecular formula is C25H30N2O6. The molecule has 0 aromatic heterocycles. The van der Waals surface area contributed by atoms with Crippen LogP contribution in [-0.2, 0) is 19.1 Å². The van der Waals surface area contributed by atoms with E-state index in [9.17, 15) is 19.5 Å². The molecule has 0 bridgehead atoms. The van der Waals surface area contributed by atoms with Gasteiger partial charge in [-0.15, -0.1) is 0 Å². The van der Waals surface area contributed by atoms with Crippen molar-refractivity contribution in [1.82, 2.24) is 4.90 Å². The van der Waals surface area contributed by atoms with Crippen LogP contribution >= 0.6 is 0 Å². The SMILES string of the molecule is CC(C)(C)OC(=O)C(N)CCN(CC(=O)O)C(=O)OCC1c2ccccc2-c2ccccc21. The predicted octanol–water partition coefficient (Wildman–Crippen LogP) is 3.38. The molecule has 0 spiro atoms. The summed E-state index contributed by atoms with van der Waals surface area (Å²) in [7, 11) is 0. The zero-order valence-corrected chi connectivity index (χ0v) is 19.1. The van der Waals surface area contributed by atoms with Crippen LogP contribution in [0.2, 0.25) is 0 Å². The molecule has 0 heterocycles. The smallest absolute Gasteiger partial charge is 0.410 e. The Labute approximate surface area is 193 Å². The Kier molecular flexibility index (Phi) is 7.38. The number of hydrogen-bond donors (Lipinski definition) is 2. The topological polar surface area (TPSA) is 119 Å². The summed E-state index contributed by atoms with van der Waals surface area (Å²) in [4.78, 5) is 37.2. The number of esters is 1. The summed E-state index contributed by atoms with van der Waals surface area (Å²) in [5.41, 5.74) is 9.50. The molecule has 0 radical (unpaired) electrons. The Balaban J connectivity index is 1.65. The highest BCUT2D eigenvalue weighted by molar-refractivity contribution is 5.80. The Morgan fingerprint density at radius 2 is 1.58 bits per heavy atom. The van der Waals surface area contributed by atoms with Crippen LogP contribution in [0.1, 0.15) is 44.2 Å². The van der Waals surface area contributed by atoms with Crippen molar-refractivity contribution in [2.75, 3.05) is 19.7 Å². The van der Waals surface area contributed by atoms with Gasteiger partial charge in [-0.25, -0.2) is 4.79 Å². The fourth-order valence-electron chi connectivity index (χ4n) is 3.87. The molecule has 1 unspecified atom stereocenters. The van der Waals surface area contributed by atoms with Crippen LogP contribution < -0.4 is 5.73 Å². The molecular weight excluding hydrogens is 424 g/mol. The maximum Gasteiger partial charge on any atom is 0.410 e. The van der Waals surface area contributed by atoms with Crippen LogP contribution in [0.5, 0.6) is 0 Å². The number of benzene rings is 2. The van der Waals surface area contributed by atoms with Crippen molar-refractivity contribution < 1.29 is 29.0 Å². The number of carbonyl (C=O) groups is 3. The Hall–Kier alpha value is -3.39. The van der Waals surface area contributed by atoms with Crippen molar-refractivity contribution >= 4 is 18.0 Å². The van der Waals surface area contributed by atoms with E-state index < -0.39 is 36.2 Å². The van der Waals surface area contributed by atoms with Crippen molar-refractivity contribution in [3.63, 3.8) is 0 Å². The van der Waals surface area contributed by atoms with Crippen LogP contribution in [0.4, 0.5) is 4.79 Å². The normalized spacial score (nSPS) is 13.6. The summed E-state index contributed by atoms with van der Waals surface area (Å²) in [5.74, 6) is -1.93. The Morgan fingerprint density at radius 1 is 1.03 bits per heavy atom. The van der Waals surface area contributed by atoms with E-state index in [1.165, 1.54) is 0 Å². The van der Waals surface area contributed by atoms with Crippen LogP contribution in [0, 0.1) is 0 Å². The lowest BCUT2D eigenvalue weighted by Gasteiger charge is -2.25. The molecule has 1 aliphatic rings. The summed E-state index contributed by atoms with van der Waals surface area (Å²) in [6.07, 6.45) is -0.720. The van der Waals surface area contributed by atoms with Gasteiger partial charge in [-0.05, 0) is 49.4 Å². The average molecular weight is 455 g/mol. The lowest BCUT2D eigenvalue weighted by Crippen LogP contribution is -2.43. The standard InChI is InChI=1S/C25H30N2O6/c1-25(2,3)33-23(30)21(26)12-13-27(14-22(28)29)24(31)32-15-20-18-10-6-4-8-16(18)17-9-5-7-11-19(17)20/h4-11,20-21H,12-15,26H2,1-3H3,(H,28,29). The minimum atomic E-state index is -1.19. The van der Waals surface area contributed by atoms with E-state index in [4.69, 9.17) is 15.2 Å². The van der Waals surface area contributed by atoms with E-state index in [1.807, 2.05) is 48.5 Å². The van der Waals surface area contributed by atoms with Gasteiger partial charge in [-0.2, -0.15) is 0 Å². The van der Waals surface area contributed by atoms with E-state index in [0.717, 1.165) is 27.2 Å². The monoisotopic (exact) mass is 454 g/mol. The number of carbonyl (C=O) groups excluding carboxylic acids is 2. The summed E-state index contributed by atoms with van der Waals surface area (Å²) >= 11 is 0. The molecule has 0 saturated carbocycles. The maximum absolute atomic E-state index is 12.8. The molecule has 1 atom stereocenters. The molecule has 1 amide bonds. The molecule has 176 valence electrons. The number of nitrogens with zero attached hydrogens (tertiary/aromatic N) is 1. The fourth-order valence-corrected chi connectivity index (χ4v) is 3.87. The minimum absolute atomic E-state index is 0.0480. The van der Waals surface area contributed by atoms with Crippen molar-refractivity contribution in [2.24, 2.45) is 5.73 Å². The number of nitrogens with two attached hydrogens (primary N) is 1. The summed E-state index contributed by atoms with van der Waals surface area (Å²) < 4.78 is 10.8. The van der Waals surface area contributed by atoms with E-state index >= 15 is 0 Å². The first kappa shape index (κ1) is 24.3. The molecule has 8 heteroatoms. The van der Waals surface area contributed by atoms with Gasteiger partial charge in [0.1, 0.15) is 24.8 Å². The lowest BCUT2D eigenvalue weighted by atomic mass is 9.98. The second-order valence-corrected chi connectivity index (χ2v) is 9.05. The number of amides is 1. The van der Waals surface area contributed by atoms with Crippen LogP contribution in [0.3, 0.4) is 0 Å². The van der Waals surface area contributed by atoms with Gasteiger partial charge in [0.25, 0.3) is 0 Å². The summed E-state index contributed by atoms with van der Waals surface area (Å²) in [6, 6.07) is 14.9. The van der Waals surface area contributed by atoms with Crippen molar-refractivity contribution in [3.05, 3.63) is 59.7 Å². The van der Waals surface area contributed by atoms with E-state index in [2.05, 4.69) is 0 Å². The molecule has 0 saturated heterocycles. The third kappa shape index (κ3) is 6.10. The first-order chi connectivity index (χ1) is 15.6. The van der Waals surface area contributed by atoms with Crippen molar-refractivity contribution in [1.29, 1.82) is 0 Å². The second-order valence-electron chi connectivity index (χ2n) is 9.05. The third-order valence-electron chi connectivity index (χ3n) is 5.34. The Bertz CT molecular complexity index is 984. The number of hydrogen-bond acceptors (Lipinski definition) is 6. The molecule has 2 aromatic rings. The quantitative estimate of drug-likeness (QED) is 0.587. The molecule has 2 aromatic carbocycles. The van der Waals surface area contributed by atoms with Gasteiger partial charge in [-0.3, -0.25) is 14.5 Å². The van der Waals surface area contributed by atoms with Crippen LogP contribution in [0.25, 0.3) is 11.1 Å². The second kappa shape index (κ2) is 10.0. The van der Waals surface area contributed by atoms with E-state index in [-0.39, 0.29) is 25.5 Å². The predicted molar refractivity (Wildman–Crippen MR) is 123 cm³/mol. The van der Waals surface area contributed by atoms with Crippen LogP contribution in [0.15, 0.2) is 48.5 Å². The zero-order chi connectivity index (χ0) is 24.2. The number of carboxylic acid groups (broad SMARTS) is 1. The highest BCUT2D eigenvalue weighted by Gasteiger charge is 2.30. The van der Waals surface area contributed by atoms with Crippen molar-refractivity contribution in [2.45, 2.75) is 44.8 Å². The van der Waals surface area contributed by atoms with Gasteiger partial charge in [0.05, 0.1) is 0 Å². The highest BCUT2D eigenvalue weighted by Crippen LogP contribution is 2.44. The first-order valence-electron chi connectivity index (χ1n) is 10.9. The highest BCUT2D eigenvalue weighted by atomic mass is 16.6. The van der Waals surface area contributed by atoms with E-state index in [0.29, 0.717) is 0 Å². The van der Waals surface area contributed by atoms with Gasteiger partial charge in [0.15, 0.2) is 0 Å². The van der Waals surface area contributed by atoms with Gasteiger partial charge < -0.3 is 20.3 Å². The number of rotatable bonds is 8. The molecule has 1 aliphatic carbocycles. The number of carboxylic acids is 1. The van der Waals surface area contributed by atoms with E-state index in [1.54, 1.807) is 20.8 Å². The van der Waals surface area contributed by atoms with Gasteiger partial charge in [-0.1, -0.05) is 48.5 Å². The number of aliphatic carboxylic acids is 1. The summed E-state index contributed by atoms with van der Waals surface area (Å²) in [6.45, 7) is 4.64. The number of fused-ring (bicyclic) bond motifs is 3. The van der Waals surface area contributed by atoms with Gasteiger partial charge in [0, 0.05) is 12.5 Å². The average Bonchev–Trinajstić information content (AvgIpc) is 3.07. The third-order valence-corrected chi connectivity index (χ3v) is 5.34. The lowest BCUT2D eigenvalue weighted by molar-refractivity contribution is -0.156. The fraction of sp³-hybridized carbons (Fsp3) is 0.400. The Morgan fingerprint density at radius 3 is 2.09 bits per heavy atom. The zero-order valence-electron chi connectivity index (χ0n) is 19.1. The number of ether oxygens (including phenoxy) is 2. The molecule has 8 nitrogen and oxygen atoms in total. The largest absolute Gasteiger partial charge is 0.480 e. The molecule has 3 rings (SSSR count). The molecule has 0 fully saturated rings. The molecule has 3 N–H and O–H groups in total. The summed E-state index contributed by atoms with van der Waals surface area (Å²) in [5, 5.41) is 9.23. The van der Waals surface area contributed by atoms with Gasteiger partial charge >= 0.3 is 18.0 Å². The minimum Gasteiger partial charge on any atom is -0.480 e. The molecule has 0 aliphatic heterocycles. The molecule has 33 heavy (non-hydrogen) atoms. The van der Waals surface area contributed by atoms with Crippen molar-refractivity contribution in [3.8, 4) is 11.1 Å².